The molecule has 1 amide bonds. The van der Waals surface area contributed by atoms with Crippen molar-refractivity contribution in [2.75, 3.05) is 50.6 Å². The van der Waals surface area contributed by atoms with Crippen molar-refractivity contribution in [3.8, 4) is 11.5 Å². The quantitative estimate of drug-likeness (QED) is 0.183. The van der Waals surface area contributed by atoms with E-state index >= 15 is 0 Å². The number of halogens is 1. The number of ether oxygens (including phenoxy) is 2. The fourth-order valence-corrected chi connectivity index (χ4v) is 4.42. The van der Waals surface area contributed by atoms with E-state index in [-0.39, 0.29) is 19.1 Å². The van der Waals surface area contributed by atoms with E-state index in [1.807, 2.05) is 12.1 Å². The molecule has 0 saturated carbocycles. The lowest BCUT2D eigenvalue weighted by molar-refractivity contribution is -0.116. The Morgan fingerprint density at radius 3 is 2.76 bits per heavy atom. The third-order valence-electron chi connectivity index (χ3n) is 6.15. The van der Waals surface area contributed by atoms with E-state index in [1.54, 1.807) is 25.6 Å². The summed E-state index contributed by atoms with van der Waals surface area (Å²) in [5, 5.41) is 20.2. The third kappa shape index (κ3) is 8.60. The van der Waals surface area contributed by atoms with Gasteiger partial charge in [-0.25, -0.2) is 14.4 Å². The Hall–Kier alpha value is -4.29. The summed E-state index contributed by atoms with van der Waals surface area (Å²) in [6.45, 7) is 7.29. The first kappa shape index (κ1) is 29.7. The van der Waals surface area contributed by atoms with Crippen LogP contribution in [-0.2, 0) is 11.3 Å². The largest absolute Gasteiger partial charge is 0.493 e. The van der Waals surface area contributed by atoms with Crippen LogP contribution in [0.3, 0.4) is 0 Å². The zero-order valence-electron chi connectivity index (χ0n) is 23.5. The van der Waals surface area contributed by atoms with E-state index in [2.05, 4.69) is 44.4 Å². The summed E-state index contributed by atoms with van der Waals surface area (Å²) in [5.74, 6) is 1.43. The van der Waals surface area contributed by atoms with E-state index in [0.717, 1.165) is 24.9 Å². The standard InChI is InChI=1S/C29H36FN7O4/c1-20(2)16-36(9-10-38)8-5-11-41-27-14-25-24(13-26(27)40-3)29(32-19-31-25)35-23-15-33-37(17-23)18-28(39)34-22-7-4-6-21(30)12-22/h4,6-7,12-15,17,19-20,38H,5,8-11,16,18H2,1-3H3,(H,34,39)(H,31,32,35). The van der Waals surface area contributed by atoms with Gasteiger partial charge in [-0.05, 0) is 36.6 Å². The number of hydrogen-bond acceptors (Lipinski definition) is 9. The number of methoxy groups -OCH3 is 1. The molecule has 4 aromatic rings. The average molecular weight is 566 g/mol. The average Bonchev–Trinajstić information content (AvgIpc) is 3.36. The molecule has 0 atom stereocenters. The van der Waals surface area contributed by atoms with Gasteiger partial charge in [-0.1, -0.05) is 19.9 Å². The number of hydrogen-bond donors (Lipinski definition) is 3. The van der Waals surface area contributed by atoms with Crippen LogP contribution in [-0.4, -0.2) is 75.6 Å². The zero-order chi connectivity index (χ0) is 29.2. The molecule has 0 aliphatic carbocycles. The lowest BCUT2D eigenvalue weighted by Gasteiger charge is -2.23. The molecule has 3 N–H and O–H groups in total. The van der Waals surface area contributed by atoms with Crippen LogP contribution in [0.2, 0.25) is 0 Å². The van der Waals surface area contributed by atoms with Crippen LogP contribution < -0.4 is 20.1 Å². The van der Waals surface area contributed by atoms with Gasteiger partial charge < -0.3 is 30.1 Å². The van der Waals surface area contributed by atoms with Crippen molar-refractivity contribution in [2.24, 2.45) is 5.92 Å². The van der Waals surface area contributed by atoms with Crippen molar-refractivity contribution in [1.29, 1.82) is 0 Å². The molecule has 0 aliphatic rings. The molecule has 218 valence electrons. The number of rotatable bonds is 15. The minimum atomic E-state index is -0.427. The molecule has 41 heavy (non-hydrogen) atoms. The number of aliphatic hydroxyl groups excluding tert-OH is 1. The first-order valence-corrected chi connectivity index (χ1v) is 13.5. The molecule has 12 heteroatoms. The minimum Gasteiger partial charge on any atom is -0.493 e. The Morgan fingerprint density at radius 2 is 2.00 bits per heavy atom. The van der Waals surface area contributed by atoms with Gasteiger partial charge in [-0.2, -0.15) is 5.10 Å². The number of aliphatic hydroxyl groups is 1. The first-order valence-electron chi connectivity index (χ1n) is 13.5. The van der Waals surface area contributed by atoms with E-state index in [4.69, 9.17) is 9.47 Å². The van der Waals surface area contributed by atoms with Gasteiger partial charge in [0, 0.05) is 43.0 Å². The van der Waals surface area contributed by atoms with E-state index in [1.165, 1.54) is 29.2 Å². The highest BCUT2D eigenvalue weighted by Crippen LogP contribution is 2.34. The smallest absolute Gasteiger partial charge is 0.246 e. The predicted molar refractivity (Wildman–Crippen MR) is 155 cm³/mol. The van der Waals surface area contributed by atoms with Crippen molar-refractivity contribution < 1.29 is 23.8 Å². The van der Waals surface area contributed by atoms with Crippen LogP contribution in [0.5, 0.6) is 11.5 Å². The topological polar surface area (TPSA) is 127 Å². The molecule has 0 aliphatic heterocycles. The highest BCUT2D eigenvalue weighted by molar-refractivity contribution is 5.93. The lowest BCUT2D eigenvalue weighted by atomic mass is 10.2. The molecule has 0 radical (unpaired) electrons. The van der Waals surface area contributed by atoms with Crippen molar-refractivity contribution in [3.63, 3.8) is 0 Å². The molecule has 0 spiro atoms. The number of fused-ring (bicyclic) bond motifs is 1. The number of anilines is 3. The molecule has 4 rings (SSSR count). The number of carbonyl (C=O) groups excluding carboxylic acids is 1. The molecule has 2 aromatic heterocycles. The zero-order valence-corrected chi connectivity index (χ0v) is 23.5. The number of amides is 1. The maximum Gasteiger partial charge on any atom is 0.246 e. The molecule has 0 fully saturated rings. The summed E-state index contributed by atoms with van der Waals surface area (Å²) >= 11 is 0. The summed E-state index contributed by atoms with van der Waals surface area (Å²) in [7, 11) is 1.58. The van der Waals surface area contributed by atoms with Crippen LogP contribution in [0.4, 0.5) is 21.6 Å². The number of benzene rings is 2. The Morgan fingerprint density at radius 1 is 1.15 bits per heavy atom. The van der Waals surface area contributed by atoms with Crippen molar-refractivity contribution in [2.45, 2.75) is 26.8 Å². The van der Waals surface area contributed by atoms with Gasteiger partial charge >= 0.3 is 0 Å². The maximum absolute atomic E-state index is 13.4. The molecule has 2 aromatic carbocycles. The summed E-state index contributed by atoms with van der Waals surface area (Å²) < 4.78 is 26.5. The van der Waals surface area contributed by atoms with Gasteiger partial charge in [0.2, 0.25) is 5.91 Å². The molecule has 0 saturated heterocycles. The van der Waals surface area contributed by atoms with E-state index in [9.17, 15) is 14.3 Å². The third-order valence-corrected chi connectivity index (χ3v) is 6.15. The number of aromatic nitrogens is 4. The van der Waals surface area contributed by atoms with Gasteiger partial charge in [-0.15, -0.1) is 0 Å². The van der Waals surface area contributed by atoms with Gasteiger partial charge in [0.15, 0.2) is 11.5 Å². The minimum absolute atomic E-state index is 0.0491. The van der Waals surface area contributed by atoms with Crippen LogP contribution in [0, 0.1) is 11.7 Å². The second kappa shape index (κ2) is 14.4. The summed E-state index contributed by atoms with van der Waals surface area (Å²) in [6, 6.07) is 9.34. The summed E-state index contributed by atoms with van der Waals surface area (Å²) in [6.07, 6.45) is 5.51. The Labute approximate surface area is 238 Å². The number of carbonyl (C=O) groups is 1. The van der Waals surface area contributed by atoms with Crippen molar-refractivity contribution in [3.05, 3.63) is 60.9 Å². The lowest BCUT2D eigenvalue weighted by Crippen LogP contribution is -2.32. The molecule has 0 unspecified atom stereocenters. The Bertz CT molecular complexity index is 1450. The molecular weight excluding hydrogens is 529 g/mol. The maximum atomic E-state index is 13.4. The highest BCUT2D eigenvalue weighted by atomic mass is 19.1. The van der Waals surface area contributed by atoms with Gasteiger partial charge in [0.25, 0.3) is 0 Å². The van der Waals surface area contributed by atoms with E-state index < -0.39 is 5.82 Å². The van der Waals surface area contributed by atoms with Crippen LogP contribution >= 0.6 is 0 Å². The van der Waals surface area contributed by atoms with Gasteiger partial charge in [0.1, 0.15) is 24.5 Å². The van der Waals surface area contributed by atoms with Gasteiger partial charge in [-0.3, -0.25) is 9.48 Å². The van der Waals surface area contributed by atoms with Crippen LogP contribution in [0.1, 0.15) is 20.3 Å². The fraction of sp³-hybridized carbons (Fsp3) is 0.379. The van der Waals surface area contributed by atoms with Crippen molar-refractivity contribution in [1.82, 2.24) is 24.6 Å². The van der Waals surface area contributed by atoms with Crippen molar-refractivity contribution >= 4 is 34.0 Å². The van der Waals surface area contributed by atoms with E-state index in [0.29, 0.717) is 53.3 Å². The molecule has 2 heterocycles. The molecule has 0 bridgehead atoms. The first-order chi connectivity index (χ1) is 19.8. The normalized spacial score (nSPS) is 11.3. The Kier molecular flexibility index (Phi) is 10.4. The fourth-order valence-electron chi connectivity index (χ4n) is 4.42. The van der Waals surface area contributed by atoms with Crippen LogP contribution in [0.25, 0.3) is 10.9 Å². The highest BCUT2D eigenvalue weighted by Gasteiger charge is 2.14. The number of nitrogens with one attached hydrogen (secondary N) is 2. The number of nitrogens with zero attached hydrogens (tertiary/aromatic N) is 5. The molecule has 11 nitrogen and oxygen atoms in total. The molecular formula is C29H36FN7O4. The second-order valence-electron chi connectivity index (χ2n) is 9.97. The summed E-state index contributed by atoms with van der Waals surface area (Å²) in [5.41, 5.74) is 1.67. The second-order valence-corrected chi connectivity index (χ2v) is 9.97. The Balaban J connectivity index is 1.39. The monoisotopic (exact) mass is 565 g/mol. The SMILES string of the molecule is COc1cc2c(Nc3cnn(CC(=O)Nc4cccc(F)c4)c3)ncnc2cc1OCCCN(CCO)CC(C)C. The van der Waals surface area contributed by atoms with Crippen LogP contribution in [0.15, 0.2) is 55.1 Å². The van der Waals surface area contributed by atoms with Gasteiger partial charge in [0.05, 0.1) is 37.7 Å². The predicted octanol–water partition coefficient (Wildman–Crippen LogP) is 4.08. The summed E-state index contributed by atoms with van der Waals surface area (Å²) in [4.78, 5) is 23.4.